The number of nitrogens with one attached hydrogen (secondary N) is 1. The van der Waals surface area contributed by atoms with Gasteiger partial charge in [-0.15, -0.1) is 0 Å². The van der Waals surface area contributed by atoms with Crippen LogP contribution < -0.4 is 5.32 Å². The fourth-order valence-electron chi connectivity index (χ4n) is 2.76. The Morgan fingerprint density at radius 1 is 1.35 bits per heavy atom. The SMILES string of the molecule is N#CC1CCCC1NC(=O)c1ccc2ncccc2c1. The summed E-state index contributed by atoms with van der Waals surface area (Å²) < 4.78 is 0. The van der Waals surface area contributed by atoms with Crippen LogP contribution in [0, 0.1) is 17.2 Å². The van der Waals surface area contributed by atoms with E-state index in [0.717, 1.165) is 30.2 Å². The van der Waals surface area contributed by atoms with Crippen LogP contribution in [0.4, 0.5) is 0 Å². The van der Waals surface area contributed by atoms with Crippen molar-refractivity contribution in [2.45, 2.75) is 25.3 Å². The number of nitrogens with zero attached hydrogens (tertiary/aromatic N) is 2. The maximum Gasteiger partial charge on any atom is 0.251 e. The molecule has 1 aliphatic rings. The molecule has 0 aliphatic heterocycles. The van der Waals surface area contributed by atoms with Crippen molar-refractivity contribution < 1.29 is 4.79 Å². The van der Waals surface area contributed by atoms with Gasteiger partial charge in [0.25, 0.3) is 5.91 Å². The van der Waals surface area contributed by atoms with Crippen molar-refractivity contribution in [1.82, 2.24) is 10.3 Å². The summed E-state index contributed by atoms with van der Waals surface area (Å²) in [6, 6.07) is 11.5. The molecular formula is C16H15N3O. The van der Waals surface area contributed by atoms with E-state index in [1.807, 2.05) is 24.3 Å². The summed E-state index contributed by atoms with van der Waals surface area (Å²) in [5.41, 5.74) is 1.49. The van der Waals surface area contributed by atoms with E-state index in [1.54, 1.807) is 12.3 Å². The molecule has 1 heterocycles. The fourth-order valence-corrected chi connectivity index (χ4v) is 2.76. The van der Waals surface area contributed by atoms with Crippen LogP contribution in [0.15, 0.2) is 36.5 Å². The summed E-state index contributed by atoms with van der Waals surface area (Å²) in [5.74, 6) is -0.163. The van der Waals surface area contributed by atoms with E-state index >= 15 is 0 Å². The molecule has 1 saturated carbocycles. The average molecular weight is 265 g/mol. The minimum absolute atomic E-state index is 0.0166. The molecule has 2 unspecified atom stereocenters. The normalized spacial score (nSPS) is 21.6. The number of benzene rings is 1. The number of rotatable bonds is 2. The van der Waals surface area contributed by atoms with Gasteiger partial charge in [-0.05, 0) is 43.5 Å². The number of pyridine rings is 1. The van der Waals surface area contributed by atoms with Crippen LogP contribution >= 0.6 is 0 Å². The molecule has 2 atom stereocenters. The van der Waals surface area contributed by atoms with Crippen molar-refractivity contribution in [2.24, 2.45) is 5.92 Å². The number of fused-ring (bicyclic) bond motifs is 1. The lowest BCUT2D eigenvalue weighted by Gasteiger charge is -2.15. The van der Waals surface area contributed by atoms with Crippen LogP contribution in [0.25, 0.3) is 10.9 Å². The van der Waals surface area contributed by atoms with Gasteiger partial charge in [0, 0.05) is 23.2 Å². The monoisotopic (exact) mass is 265 g/mol. The minimum atomic E-state index is -0.108. The Balaban J connectivity index is 1.80. The molecule has 1 fully saturated rings. The van der Waals surface area contributed by atoms with E-state index in [2.05, 4.69) is 16.4 Å². The Bertz CT molecular complexity index is 689. The van der Waals surface area contributed by atoms with Gasteiger partial charge in [-0.3, -0.25) is 9.78 Å². The fraction of sp³-hybridized carbons (Fsp3) is 0.312. The molecule has 1 aromatic heterocycles. The standard InChI is InChI=1S/C16H15N3O/c17-10-13-3-1-5-15(13)19-16(20)12-6-7-14-11(9-12)4-2-8-18-14/h2,4,6-9,13,15H,1,3,5H2,(H,19,20). The molecular weight excluding hydrogens is 250 g/mol. The molecule has 20 heavy (non-hydrogen) atoms. The van der Waals surface area contributed by atoms with E-state index < -0.39 is 0 Å². The Morgan fingerprint density at radius 3 is 3.10 bits per heavy atom. The first-order valence-electron chi connectivity index (χ1n) is 6.83. The van der Waals surface area contributed by atoms with Crippen LogP contribution in [0.1, 0.15) is 29.6 Å². The zero-order valence-electron chi connectivity index (χ0n) is 11.0. The topological polar surface area (TPSA) is 65.8 Å². The van der Waals surface area contributed by atoms with Crippen molar-refractivity contribution in [2.75, 3.05) is 0 Å². The number of carbonyl (C=O) groups excluding carboxylic acids is 1. The van der Waals surface area contributed by atoms with Crippen molar-refractivity contribution in [3.8, 4) is 6.07 Å². The van der Waals surface area contributed by atoms with Gasteiger partial charge in [0.15, 0.2) is 0 Å². The highest BCUT2D eigenvalue weighted by Crippen LogP contribution is 2.25. The summed E-state index contributed by atoms with van der Waals surface area (Å²) in [4.78, 5) is 16.5. The minimum Gasteiger partial charge on any atom is -0.348 e. The van der Waals surface area contributed by atoms with E-state index in [9.17, 15) is 4.79 Å². The lowest BCUT2D eigenvalue weighted by atomic mass is 10.0. The summed E-state index contributed by atoms with van der Waals surface area (Å²) in [6.45, 7) is 0. The summed E-state index contributed by atoms with van der Waals surface area (Å²) >= 11 is 0. The number of nitriles is 1. The van der Waals surface area contributed by atoms with E-state index in [0.29, 0.717) is 5.56 Å². The van der Waals surface area contributed by atoms with Gasteiger partial charge in [-0.1, -0.05) is 6.07 Å². The Kier molecular flexibility index (Phi) is 3.34. The van der Waals surface area contributed by atoms with Crippen molar-refractivity contribution >= 4 is 16.8 Å². The summed E-state index contributed by atoms with van der Waals surface area (Å²) in [6.07, 6.45) is 4.51. The average Bonchev–Trinajstić information content (AvgIpc) is 2.94. The van der Waals surface area contributed by atoms with Gasteiger partial charge in [0.05, 0.1) is 17.5 Å². The van der Waals surface area contributed by atoms with Crippen LogP contribution in [-0.2, 0) is 0 Å². The number of hydrogen-bond donors (Lipinski definition) is 1. The van der Waals surface area contributed by atoms with Gasteiger partial charge < -0.3 is 5.32 Å². The predicted octanol–water partition coefficient (Wildman–Crippen LogP) is 2.66. The largest absolute Gasteiger partial charge is 0.348 e. The van der Waals surface area contributed by atoms with Gasteiger partial charge in [0.1, 0.15) is 0 Å². The lowest BCUT2D eigenvalue weighted by molar-refractivity contribution is 0.0933. The zero-order chi connectivity index (χ0) is 13.9. The Labute approximate surface area is 117 Å². The smallest absolute Gasteiger partial charge is 0.251 e. The Hall–Kier alpha value is -2.41. The van der Waals surface area contributed by atoms with Gasteiger partial charge >= 0.3 is 0 Å². The van der Waals surface area contributed by atoms with Crippen LogP contribution in [0.2, 0.25) is 0 Å². The van der Waals surface area contributed by atoms with Gasteiger partial charge in [-0.25, -0.2) is 0 Å². The zero-order valence-corrected chi connectivity index (χ0v) is 11.0. The second-order valence-electron chi connectivity index (χ2n) is 5.16. The molecule has 1 aromatic carbocycles. The van der Waals surface area contributed by atoms with Crippen molar-refractivity contribution in [1.29, 1.82) is 5.26 Å². The highest BCUT2D eigenvalue weighted by atomic mass is 16.1. The first-order valence-corrected chi connectivity index (χ1v) is 6.83. The van der Waals surface area contributed by atoms with Crippen LogP contribution in [-0.4, -0.2) is 16.9 Å². The lowest BCUT2D eigenvalue weighted by Crippen LogP contribution is -2.36. The van der Waals surface area contributed by atoms with Gasteiger partial charge in [-0.2, -0.15) is 5.26 Å². The van der Waals surface area contributed by atoms with Crippen LogP contribution in [0.3, 0.4) is 0 Å². The number of carbonyl (C=O) groups is 1. The van der Waals surface area contributed by atoms with E-state index in [4.69, 9.17) is 5.26 Å². The molecule has 1 aliphatic carbocycles. The molecule has 100 valence electrons. The Morgan fingerprint density at radius 2 is 2.25 bits per heavy atom. The molecule has 3 rings (SSSR count). The van der Waals surface area contributed by atoms with Gasteiger partial charge in [0.2, 0.25) is 0 Å². The third kappa shape index (κ3) is 2.35. The number of amides is 1. The predicted molar refractivity (Wildman–Crippen MR) is 76.0 cm³/mol. The third-order valence-corrected chi connectivity index (χ3v) is 3.86. The molecule has 4 heteroatoms. The molecule has 1 N–H and O–H groups in total. The molecule has 4 nitrogen and oxygen atoms in total. The van der Waals surface area contributed by atoms with Crippen molar-refractivity contribution in [3.63, 3.8) is 0 Å². The highest BCUT2D eigenvalue weighted by Gasteiger charge is 2.28. The van der Waals surface area contributed by atoms with Crippen molar-refractivity contribution in [3.05, 3.63) is 42.1 Å². The molecule has 0 radical (unpaired) electrons. The maximum atomic E-state index is 12.3. The summed E-state index contributed by atoms with van der Waals surface area (Å²) in [5, 5.41) is 13.0. The summed E-state index contributed by atoms with van der Waals surface area (Å²) in [7, 11) is 0. The third-order valence-electron chi connectivity index (χ3n) is 3.86. The highest BCUT2D eigenvalue weighted by molar-refractivity contribution is 5.98. The second kappa shape index (κ2) is 5.30. The number of hydrogen-bond acceptors (Lipinski definition) is 3. The quantitative estimate of drug-likeness (QED) is 0.907. The van der Waals surface area contributed by atoms with Crippen LogP contribution in [0.5, 0.6) is 0 Å². The first kappa shape index (κ1) is 12.6. The molecule has 0 bridgehead atoms. The maximum absolute atomic E-state index is 12.3. The first-order chi connectivity index (χ1) is 9.78. The second-order valence-corrected chi connectivity index (χ2v) is 5.16. The molecule has 1 amide bonds. The van der Waals surface area contributed by atoms with E-state index in [1.165, 1.54) is 0 Å². The molecule has 0 spiro atoms. The molecule has 0 saturated heterocycles. The van der Waals surface area contributed by atoms with E-state index in [-0.39, 0.29) is 17.9 Å². The molecule has 2 aromatic rings. The number of aromatic nitrogens is 1.